The van der Waals surface area contributed by atoms with Crippen molar-refractivity contribution in [2.24, 2.45) is 0 Å². The fraction of sp³-hybridized carbons (Fsp3) is 0.941. The molecule has 2 atom stereocenters. The van der Waals surface area contributed by atoms with Gasteiger partial charge in [0.25, 0.3) is 0 Å². The molecule has 0 fully saturated rings. The van der Waals surface area contributed by atoms with E-state index in [9.17, 15) is 10.2 Å². The van der Waals surface area contributed by atoms with E-state index in [1.54, 1.807) is 0 Å². The van der Waals surface area contributed by atoms with E-state index >= 15 is 0 Å². The van der Waals surface area contributed by atoms with Gasteiger partial charge >= 0.3 is 0 Å². The number of hydrogen-bond donors (Lipinski definition) is 3. The minimum Gasteiger partial charge on any atom is -0.395 e. The summed E-state index contributed by atoms with van der Waals surface area (Å²) in [6.07, 6.45) is 38.6. The third kappa shape index (κ3) is 28.4. The first-order valence-corrected chi connectivity index (χ1v) is 16.9. The van der Waals surface area contributed by atoms with E-state index in [4.69, 9.17) is 0 Å². The summed E-state index contributed by atoms with van der Waals surface area (Å²) in [6.45, 7) is 5.43. The van der Waals surface area contributed by atoms with Gasteiger partial charge in [-0.25, -0.2) is 0 Å². The first kappa shape index (κ1) is 36.6. The zero-order chi connectivity index (χ0) is 27.1. The monoisotopic (exact) mass is 524 g/mol. The van der Waals surface area contributed by atoms with Gasteiger partial charge in [-0.3, -0.25) is 0 Å². The van der Waals surface area contributed by atoms with Crippen LogP contribution in [-0.4, -0.2) is 35.5 Å². The molecule has 0 heterocycles. The van der Waals surface area contributed by atoms with Crippen LogP contribution >= 0.6 is 0 Å². The Kier molecular flexibility index (Phi) is 31.5. The fourth-order valence-corrected chi connectivity index (χ4v) is 5.20. The smallest absolute Gasteiger partial charge is 0.0896 e. The molecule has 0 aliphatic carbocycles. The molecule has 3 heteroatoms. The molecular formula is C34H69NO2. The first-order chi connectivity index (χ1) is 18.3. The topological polar surface area (TPSA) is 52.5 Å². The van der Waals surface area contributed by atoms with Gasteiger partial charge in [-0.15, -0.1) is 0 Å². The maximum atomic E-state index is 10.4. The van der Waals surface area contributed by atoms with Crippen molar-refractivity contribution in [1.29, 1.82) is 0 Å². The molecule has 0 bridgehead atoms. The third-order valence-corrected chi connectivity index (χ3v) is 7.85. The molecule has 0 saturated heterocycles. The Morgan fingerprint density at radius 2 is 0.865 bits per heavy atom. The van der Waals surface area contributed by atoms with Crippen LogP contribution in [0.15, 0.2) is 12.2 Å². The molecule has 3 N–H and O–H groups in total. The number of aliphatic hydroxyl groups is 2. The van der Waals surface area contributed by atoms with Crippen molar-refractivity contribution in [1.82, 2.24) is 5.32 Å². The molecule has 0 amide bonds. The lowest BCUT2D eigenvalue weighted by Crippen LogP contribution is -2.42. The second-order valence-electron chi connectivity index (χ2n) is 11.6. The van der Waals surface area contributed by atoms with Gasteiger partial charge in [-0.1, -0.05) is 174 Å². The Bertz CT molecular complexity index is 440. The molecule has 0 aromatic heterocycles. The number of rotatable bonds is 31. The van der Waals surface area contributed by atoms with E-state index in [0.29, 0.717) is 0 Å². The normalized spacial score (nSPS) is 13.5. The molecule has 0 aliphatic heterocycles. The molecule has 0 spiro atoms. The van der Waals surface area contributed by atoms with E-state index in [-0.39, 0.29) is 12.6 Å². The molecule has 222 valence electrons. The predicted octanol–water partition coefficient (Wildman–Crippen LogP) is 10.0. The first-order valence-electron chi connectivity index (χ1n) is 16.9. The van der Waals surface area contributed by atoms with Crippen LogP contribution in [0.3, 0.4) is 0 Å². The van der Waals surface area contributed by atoms with Crippen LogP contribution in [0.2, 0.25) is 0 Å². The minimum atomic E-state index is -0.593. The van der Waals surface area contributed by atoms with Gasteiger partial charge in [-0.05, 0) is 25.8 Å². The molecule has 0 rings (SSSR count). The van der Waals surface area contributed by atoms with E-state index in [1.165, 1.54) is 154 Å². The standard InChI is InChI=1S/C34H69NO2/c1-3-5-7-9-11-13-15-17-19-21-23-25-27-29-31-35-33(32-36)34(37)30-28-26-24-22-20-18-16-14-12-10-8-6-4-2/h28,30,33-37H,3-27,29,31-32H2,1-2H3. The Morgan fingerprint density at radius 1 is 0.514 bits per heavy atom. The van der Waals surface area contributed by atoms with Crippen LogP contribution < -0.4 is 5.32 Å². The Balaban J connectivity index is 3.48. The van der Waals surface area contributed by atoms with Gasteiger partial charge < -0.3 is 15.5 Å². The molecule has 0 radical (unpaired) electrons. The van der Waals surface area contributed by atoms with E-state index in [0.717, 1.165) is 19.4 Å². The molecule has 3 nitrogen and oxygen atoms in total. The highest BCUT2D eigenvalue weighted by atomic mass is 16.3. The van der Waals surface area contributed by atoms with Gasteiger partial charge in [0, 0.05) is 0 Å². The molecule has 0 aromatic rings. The molecule has 0 aliphatic rings. The van der Waals surface area contributed by atoms with Gasteiger partial charge in [0.1, 0.15) is 0 Å². The maximum Gasteiger partial charge on any atom is 0.0896 e. The quantitative estimate of drug-likeness (QED) is 0.0625. The van der Waals surface area contributed by atoms with Crippen molar-refractivity contribution < 1.29 is 10.2 Å². The molecular weight excluding hydrogens is 454 g/mol. The van der Waals surface area contributed by atoms with E-state index < -0.39 is 6.10 Å². The van der Waals surface area contributed by atoms with Crippen LogP contribution in [0.4, 0.5) is 0 Å². The van der Waals surface area contributed by atoms with E-state index in [1.807, 2.05) is 6.08 Å². The summed E-state index contributed by atoms with van der Waals surface area (Å²) in [5.41, 5.74) is 0. The number of aliphatic hydroxyl groups excluding tert-OH is 2. The summed E-state index contributed by atoms with van der Waals surface area (Å²) < 4.78 is 0. The summed E-state index contributed by atoms with van der Waals surface area (Å²) in [7, 11) is 0. The second kappa shape index (κ2) is 31.8. The summed E-state index contributed by atoms with van der Waals surface area (Å²) >= 11 is 0. The van der Waals surface area contributed by atoms with Crippen LogP contribution in [0, 0.1) is 0 Å². The fourth-order valence-electron chi connectivity index (χ4n) is 5.20. The molecule has 37 heavy (non-hydrogen) atoms. The highest BCUT2D eigenvalue weighted by Crippen LogP contribution is 2.14. The minimum absolute atomic E-state index is 0.0114. The van der Waals surface area contributed by atoms with Crippen LogP contribution in [-0.2, 0) is 0 Å². The van der Waals surface area contributed by atoms with Gasteiger partial charge in [0.15, 0.2) is 0 Å². The van der Waals surface area contributed by atoms with E-state index in [2.05, 4.69) is 25.2 Å². The summed E-state index contributed by atoms with van der Waals surface area (Å²) in [5, 5.41) is 23.4. The zero-order valence-corrected chi connectivity index (χ0v) is 25.5. The van der Waals surface area contributed by atoms with Crippen molar-refractivity contribution in [3.63, 3.8) is 0 Å². The number of hydrogen-bond acceptors (Lipinski definition) is 3. The van der Waals surface area contributed by atoms with Gasteiger partial charge in [-0.2, -0.15) is 0 Å². The lowest BCUT2D eigenvalue weighted by atomic mass is 10.0. The summed E-state index contributed by atoms with van der Waals surface area (Å²) in [4.78, 5) is 0. The van der Waals surface area contributed by atoms with Crippen molar-refractivity contribution in [2.45, 2.75) is 193 Å². The largest absolute Gasteiger partial charge is 0.395 e. The SMILES string of the molecule is CCCCCCCCCCCCCC=CC(O)C(CO)NCCCCCCCCCCCCCCCC. The van der Waals surface area contributed by atoms with Crippen molar-refractivity contribution in [2.75, 3.05) is 13.2 Å². The molecule has 0 aromatic carbocycles. The Labute approximate surface area is 233 Å². The predicted molar refractivity (Wildman–Crippen MR) is 165 cm³/mol. The number of allylic oxidation sites excluding steroid dienone is 1. The molecule has 2 unspecified atom stereocenters. The van der Waals surface area contributed by atoms with Crippen molar-refractivity contribution in [3.8, 4) is 0 Å². The van der Waals surface area contributed by atoms with Crippen LogP contribution in [0.1, 0.15) is 181 Å². The van der Waals surface area contributed by atoms with Gasteiger partial charge in [0.2, 0.25) is 0 Å². The maximum absolute atomic E-state index is 10.4. The molecule has 0 saturated carbocycles. The van der Waals surface area contributed by atoms with Crippen LogP contribution in [0.5, 0.6) is 0 Å². The number of nitrogens with one attached hydrogen (secondary N) is 1. The summed E-state index contributed by atoms with van der Waals surface area (Å²) in [5.74, 6) is 0. The van der Waals surface area contributed by atoms with Crippen molar-refractivity contribution in [3.05, 3.63) is 12.2 Å². The van der Waals surface area contributed by atoms with Gasteiger partial charge in [0.05, 0.1) is 18.8 Å². The second-order valence-corrected chi connectivity index (χ2v) is 11.6. The third-order valence-electron chi connectivity index (χ3n) is 7.85. The number of unbranched alkanes of at least 4 members (excludes halogenated alkanes) is 24. The highest BCUT2D eigenvalue weighted by molar-refractivity contribution is 4.94. The highest BCUT2D eigenvalue weighted by Gasteiger charge is 2.14. The lowest BCUT2D eigenvalue weighted by Gasteiger charge is -2.19. The zero-order valence-electron chi connectivity index (χ0n) is 25.5. The Morgan fingerprint density at radius 3 is 1.24 bits per heavy atom. The average Bonchev–Trinajstić information content (AvgIpc) is 2.91. The van der Waals surface area contributed by atoms with Crippen LogP contribution in [0.25, 0.3) is 0 Å². The average molecular weight is 524 g/mol. The Hall–Kier alpha value is -0.380. The summed E-state index contributed by atoms with van der Waals surface area (Å²) in [6, 6.07) is -0.240. The van der Waals surface area contributed by atoms with Crippen molar-refractivity contribution >= 4 is 0 Å². The lowest BCUT2D eigenvalue weighted by molar-refractivity contribution is 0.123.